The number of rotatable bonds is 1. The van der Waals surface area contributed by atoms with Crippen molar-refractivity contribution < 1.29 is 9.53 Å². The van der Waals surface area contributed by atoms with Gasteiger partial charge in [0.25, 0.3) is 0 Å². The second-order valence-corrected chi connectivity index (χ2v) is 2.81. The van der Waals surface area contributed by atoms with Gasteiger partial charge >= 0.3 is 6.09 Å². The van der Waals surface area contributed by atoms with E-state index in [1.165, 1.54) is 6.42 Å². The molecule has 0 aromatic carbocycles. The molecule has 1 rings (SSSR count). The van der Waals surface area contributed by atoms with E-state index in [0.29, 0.717) is 0 Å². The maximum atomic E-state index is 11.2. The van der Waals surface area contributed by atoms with E-state index < -0.39 is 0 Å². The average Bonchev–Trinajstić information content (AvgIpc) is 2.15. The third-order valence-electron chi connectivity index (χ3n) is 1.89. The van der Waals surface area contributed by atoms with E-state index in [9.17, 15) is 4.79 Å². The molecule has 1 saturated heterocycles. The summed E-state index contributed by atoms with van der Waals surface area (Å²) in [6.45, 7) is 1.70. The molecule has 1 heterocycles. The van der Waals surface area contributed by atoms with Gasteiger partial charge in [-0.15, -0.1) is 6.42 Å². The van der Waals surface area contributed by atoms with Crippen molar-refractivity contribution in [3.8, 4) is 12.3 Å². The standard InChI is InChI=1S/C9H13NO2/c1-2-8-12-9(11)10-6-4-3-5-7-10/h1H,3-8H2. The number of ether oxygens (including phenoxy) is 1. The molecular weight excluding hydrogens is 154 g/mol. The first-order valence-corrected chi connectivity index (χ1v) is 4.20. The van der Waals surface area contributed by atoms with Gasteiger partial charge in [-0.05, 0) is 19.3 Å². The summed E-state index contributed by atoms with van der Waals surface area (Å²) in [5.41, 5.74) is 0. The number of amides is 1. The van der Waals surface area contributed by atoms with Crippen LogP contribution in [0, 0.1) is 12.3 Å². The van der Waals surface area contributed by atoms with E-state index in [1.807, 2.05) is 0 Å². The molecule has 12 heavy (non-hydrogen) atoms. The summed E-state index contributed by atoms with van der Waals surface area (Å²) in [7, 11) is 0. The van der Waals surface area contributed by atoms with E-state index in [2.05, 4.69) is 5.92 Å². The van der Waals surface area contributed by atoms with Crippen molar-refractivity contribution in [2.75, 3.05) is 19.7 Å². The largest absolute Gasteiger partial charge is 0.436 e. The van der Waals surface area contributed by atoms with Gasteiger partial charge in [-0.3, -0.25) is 0 Å². The smallest absolute Gasteiger partial charge is 0.410 e. The highest BCUT2D eigenvalue weighted by molar-refractivity contribution is 5.67. The Labute approximate surface area is 72.7 Å². The van der Waals surface area contributed by atoms with Gasteiger partial charge in [-0.1, -0.05) is 5.92 Å². The SMILES string of the molecule is C#CCOC(=O)N1CCCCC1. The van der Waals surface area contributed by atoms with Gasteiger partial charge in [0.05, 0.1) is 0 Å². The number of likely N-dealkylation sites (tertiary alicyclic amines) is 1. The van der Waals surface area contributed by atoms with Crippen LogP contribution in [-0.4, -0.2) is 30.7 Å². The van der Waals surface area contributed by atoms with Gasteiger partial charge in [-0.2, -0.15) is 0 Å². The van der Waals surface area contributed by atoms with Crippen LogP contribution in [0.25, 0.3) is 0 Å². The Balaban J connectivity index is 2.26. The number of hydrogen-bond acceptors (Lipinski definition) is 2. The van der Waals surface area contributed by atoms with E-state index in [4.69, 9.17) is 11.2 Å². The highest BCUT2D eigenvalue weighted by atomic mass is 16.6. The van der Waals surface area contributed by atoms with Crippen molar-refractivity contribution in [2.45, 2.75) is 19.3 Å². The fourth-order valence-electron chi connectivity index (χ4n) is 1.27. The van der Waals surface area contributed by atoms with Crippen molar-refractivity contribution in [2.24, 2.45) is 0 Å². The Morgan fingerprint density at radius 3 is 2.67 bits per heavy atom. The molecule has 3 nitrogen and oxygen atoms in total. The van der Waals surface area contributed by atoms with Crippen molar-refractivity contribution >= 4 is 6.09 Å². The maximum absolute atomic E-state index is 11.2. The van der Waals surface area contributed by atoms with Gasteiger partial charge in [-0.25, -0.2) is 4.79 Å². The summed E-state index contributed by atoms with van der Waals surface area (Å²) < 4.78 is 4.78. The fraction of sp³-hybridized carbons (Fsp3) is 0.667. The van der Waals surface area contributed by atoms with E-state index >= 15 is 0 Å². The van der Waals surface area contributed by atoms with Gasteiger partial charge in [0.15, 0.2) is 6.61 Å². The van der Waals surface area contributed by atoms with Gasteiger partial charge in [0.1, 0.15) is 0 Å². The number of hydrogen-bond donors (Lipinski definition) is 0. The lowest BCUT2D eigenvalue weighted by molar-refractivity contribution is 0.106. The Hall–Kier alpha value is -1.17. The van der Waals surface area contributed by atoms with Crippen LogP contribution in [0.4, 0.5) is 4.79 Å². The number of nitrogens with zero attached hydrogens (tertiary/aromatic N) is 1. The maximum Gasteiger partial charge on any atom is 0.410 e. The third-order valence-corrected chi connectivity index (χ3v) is 1.89. The van der Waals surface area contributed by atoms with E-state index in [1.54, 1.807) is 4.90 Å². The Kier molecular flexibility index (Phi) is 3.46. The van der Waals surface area contributed by atoms with Crippen LogP contribution in [0.5, 0.6) is 0 Å². The Morgan fingerprint density at radius 1 is 1.42 bits per heavy atom. The minimum Gasteiger partial charge on any atom is -0.436 e. The van der Waals surface area contributed by atoms with Gasteiger partial charge in [0, 0.05) is 13.1 Å². The first-order chi connectivity index (χ1) is 5.84. The summed E-state index contributed by atoms with van der Waals surface area (Å²) in [5, 5.41) is 0. The van der Waals surface area contributed by atoms with Crippen LogP contribution in [0.2, 0.25) is 0 Å². The molecule has 0 bridgehead atoms. The van der Waals surface area contributed by atoms with E-state index in [-0.39, 0.29) is 12.7 Å². The molecule has 1 fully saturated rings. The van der Waals surface area contributed by atoms with Crippen LogP contribution >= 0.6 is 0 Å². The summed E-state index contributed by atoms with van der Waals surface area (Å²) in [6, 6.07) is 0. The normalized spacial score (nSPS) is 16.8. The second kappa shape index (κ2) is 4.66. The molecule has 0 N–H and O–H groups in total. The van der Waals surface area contributed by atoms with Crippen molar-refractivity contribution in [1.82, 2.24) is 4.90 Å². The molecule has 0 aromatic heterocycles. The molecular formula is C9H13NO2. The lowest BCUT2D eigenvalue weighted by atomic mass is 10.1. The highest BCUT2D eigenvalue weighted by Crippen LogP contribution is 2.09. The van der Waals surface area contributed by atoms with Crippen molar-refractivity contribution in [3.05, 3.63) is 0 Å². The topological polar surface area (TPSA) is 29.5 Å². The number of carbonyl (C=O) groups excluding carboxylic acids is 1. The lowest BCUT2D eigenvalue weighted by Crippen LogP contribution is -2.36. The number of terminal acetylenes is 1. The molecule has 66 valence electrons. The lowest BCUT2D eigenvalue weighted by Gasteiger charge is -2.25. The Bertz CT molecular complexity index is 189. The van der Waals surface area contributed by atoms with Gasteiger partial charge in [0.2, 0.25) is 0 Å². The predicted molar refractivity (Wildman–Crippen MR) is 45.6 cm³/mol. The minimum absolute atomic E-state index is 0.0787. The summed E-state index contributed by atoms with van der Waals surface area (Å²) in [6.07, 6.45) is 8.05. The molecule has 0 spiro atoms. The monoisotopic (exact) mass is 167 g/mol. The van der Waals surface area contributed by atoms with E-state index in [0.717, 1.165) is 25.9 Å². The predicted octanol–water partition coefficient (Wildman–Crippen LogP) is 1.24. The van der Waals surface area contributed by atoms with Crippen LogP contribution in [0.1, 0.15) is 19.3 Å². The van der Waals surface area contributed by atoms with Crippen LogP contribution in [0.3, 0.4) is 0 Å². The van der Waals surface area contributed by atoms with Gasteiger partial charge < -0.3 is 9.64 Å². The van der Waals surface area contributed by atoms with Crippen LogP contribution < -0.4 is 0 Å². The fourth-order valence-corrected chi connectivity index (χ4v) is 1.27. The van der Waals surface area contributed by atoms with Crippen LogP contribution in [-0.2, 0) is 4.74 Å². The second-order valence-electron chi connectivity index (χ2n) is 2.81. The first-order valence-electron chi connectivity index (χ1n) is 4.20. The molecule has 1 aliphatic heterocycles. The zero-order valence-electron chi connectivity index (χ0n) is 7.08. The third kappa shape index (κ3) is 2.46. The number of piperidine rings is 1. The summed E-state index contributed by atoms with van der Waals surface area (Å²) in [5.74, 6) is 2.27. The molecule has 1 aliphatic rings. The first kappa shape index (κ1) is 8.92. The summed E-state index contributed by atoms with van der Waals surface area (Å²) >= 11 is 0. The molecule has 1 amide bonds. The molecule has 3 heteroatoms. The van der Waals surface area contributed by atoms with Crippen molar-refractivity contribution in [1.29, 1.82) is 0 Å². The zero-order chi connectivity index (χ0) is 8.81. The van der Waals surface area contributed by atoms with Crippen LogP contribution in [0.15, 0.2) is 0 Å². The summed E-state index contributed by atoms with van der Waals surface area (Å²) in [4.78, 5) is 12.9. The molecule has 0 unspecified atom stereocenters. The molecule has 0 saturated carbocycles. The molecule has 0 aromatic rings. The number of carbonyl (C=O) groups is 1. The average molecular weight is 167 g/mol. The molecule has 0 atom stereocenters. The minimum atomic E-state index is -0.271. The van der Waals surface area contributed by atoms with Crippen molar-refractivity contribution in [3.63, 3.8) is 0 Å². The quantitative estimate of drug-likeness (QED) is 0.550. The Morgan fingerprint density at radius 2 is 2.08 bits per heavy atom. The zero-order valence-corrected chi connectivity index (χ0v) is 7.08. The highest BCUT2D eigenvalue weighted by Gasteiger charge is 2.16. The molecule has 0 radical (unpaired) electrons. The molecule has 0 aliphatic carbocycles.